The lowest BCUT2D eigenvalue weighted by atomic mass is 10.2. The maximum atomic E-state index is 11.3. The lowest BCUT2D eigenvalue weighted by Gasteiger charge is -2.21. The molecule has 2 amide bonds. The van der Waals surface area contributed by atoms with E-state index in [-0.39, 0.29) is 5.82 Å². The summed E-state index contributed by atoms with van der Waals surface area (Å²) in [5.41, 5.74) is 6.35. The molecule has 1 aromatic carbocycles. The van der Waals surface area contributed by atoms with E-state index in [0.29, 0.717) is 9.82 Å². The Balaban J connectivity index is 2.36. The summed E-state index contributed by atoms with van der Waals surface area (Å²) in [6.45, 7) is 0. The topological polar surface area (TPSA) is 115 Å². The van der Waals surface area contributed by atoms with E-state index >= 15 is 0 Å². The highest BCUT2D eigenvalue weighted by Gasteiger charge is 2.19. The van der Waals surface area contributed by atoms with E-state index < -0.39 is 17.3 Å². The number of hydrogen-bond donors (Lipinski definition) is 2. The zero-order valence-corrected chi connectivity index (χ0v) is 10.9. The van der Waals surface area contributed by atoms with Crippen molar-refractivity contribution in [3.05, 3.63) is 36.5 Å². The van der Waals surface area contributed by atoms with Crippen molar-refractivity contribution in [1.82, 2.24) is 9.97 Å². The molecule has 3 N–H and O–H groups in total. The zero-order valence-electron chi connectivity index (χ0n) is 10.1. The van der Waals surface area contributed by atoms with Crippen molar-refractivity contribution in [2.75, 3.05) is 4.31 Å². The van der Waals surface area contributed by atoms with E-state index in [1.165, 1.54) is 6.20 Å². The van der Waals surface area contributed by atoms with E-state index in [9.17, 15) is 13.6 Å². The summed E-state index contributed by atoms with van der Waals surface area (Å²) >= 11 is -2.84. The maximum absolute atomic E-state index is 11.3. The Morgan fingerprint density at radius 1 is 1.30 bits per heavy atom. The number of anilines is 1. The smallest absolute Gasteiger partial charge is 0.331 e. The van der Waals surface area contributed by atoms with E-state index in [2.05, 4.69) is 9.97 Å². The van der Waals surface area contributed by atoms with Crippen molar-refractivity contribution < 1.29 is 13.6 Å². The minimum atomic E-state index is -2.84. The van der Waals surface area contributed by atoms with Gasteiger partial charge in [-0.25, -0.2) is 14.1 Å². The molecular formula is C12H9N4O3S-. The normalized spacial score (nSPS) is 12.7. The molecular weight excluding hydrogens is 280 g/mol. The van der Waals surface area contributed by atoms with Crippen molar-refractivity contribution in [2.24, 2.45) is 5.73 Å². The molecule has 7 nitrogen and oxygen atoms in total. The van der Waals surface area contributed by atoms with Crippen LogP contribution < -0.4 is 10.0 Å². The van der Waals surface area contributed by atoms with Crippen LogP contribution in [0.15, 0.2) is 36.5 Å². The molecule has 0 spiro atoms. The van der Waals surface area contributed by atoms with Crippen molar-refractivity contribution in [2.45, 2.75) is 0 Å². The predicted octanol–water partition coefficient (Wildman–Crippen LogP) is 1.40. The second-order valence-electron chi connectivity index (χ2n) is 4.08. The predicted molar refractivity (Wildman–Crippen MR) is 74.6 cm³/mol. The van der Waals surface area contributed by atoms with Gasteiger partial charge in [-0.2, -0.15) is 0 Å². The first kappa shape index (κ1) is 12.6. The maximum Gasteiger partial charge on any atom is 0.331 e. The molecule has 8 heteroatoms. The number of rotatable bonds is 2. The van der Waals surface area contributed by atoms with Crippen LogP contribution in [0.2, 0.25) is 0 Å². The lowest BCUT2D eigenvalue weighted by Crippen LogP contribution is -2.37. The van der Waals surface area contributed by atoms with Gasteiger partial charge in [-0.1, -0.05) is 18.2 Å². The third-order valence-electron chi connectivity index (χ3n) is 2.95. The van der Waals surface area contributed by atoms with Crippen molar-refractivity contribution in [3.63, 3.8) is 0 Å². The van der Waals surface area contributed by atoms with Crippen LogP contribution in [0.4, 0.5) is 10.6 Å². The third-order valence-corrected chi connectivity index (χ3v) is 3.60. The van der Waals surface area contributed by atoms with Gasteiger partial charge in [-0.05, 0) is 12.1 Å². The minimum Gasteiger partial charge on any atom is -0.755 e. The number of nitrogens with one attached hydrogen (secondary N) is 1. The fourth-order valence-corrected chi connectivity index (χ4v) is 2.59. The molecule has 0 radical (unpaired) electrons. The molecule has 2 heterocycles. The molecule has 1 atom stereocenters. The molecule has 102 valence electrons. The first-order valence-corrected chi connectivity index (χ1v) is 6.67. The van der Waals surface area contributed by atoms with Gasteiger partial charge in [0.05, 0.1) is 16.8 Å². The van der Waals surface area contributed by atoms with E-state index in [1.54, 1.807) is 6.07 Å². The number of carbonyl (C=O) groups is 1. The summed E-state index contributed by atoms with van der Waals surface area (Å²) in [6, 6.07) is 8.08. The van der Waals surface area contributed by atoms with Gasteiger partial charge in [0.1, 0.15) is 0 Å². The van der Waals surface area contributed by atoms with Crippen LogP contribution in [0.1, 0.15) is 0 Å². The number of nitrogens with zero attached hydrogens (tertiary/aromatic N) is 2. The fraction of sp³-hybridized carbons (Fsp3) is 0. The number of carbonyl (C=O) groups excluding carboxylic acids is 1. The van der Waals surface area contributed by atoms with Gasteiger partial charge in [-0.3, -0.25) is 4.21 Å². The van der Waals surface area contributed by atoms with Crippen LogP contribution in [0.25, 0.3) is 21.8 Å². The Kier molecular flexibility index (Phi) is 2.88. The summed E-state index contributed by atoms with van der Waals surface area (Å²) in [7, 11) is 0. The first-order valence-electron chi connectivity index (χ1n) is 5.64. The molecule has 0 saturated heterocycles. The van der Waals surface area contributed by atoms with Crippen molar-refractivity contribution in [1.29, 1.82) is 0 Å². The highest BCUT2D eigenvalue weighted by molar-refractivity contribution is 7.81. The number of urea groups is 1. The number of fused-ring (bicyclic) bond motifs is 3. The molecule has 0 aliphatic rings. The minimum absolute atomic E-state index is 0.0421. The quantitative estimate of drug-likeness (QED) is 0.693. The number of amides is 2. The lowest BCUT2D eigenvalue weighted by molar-refractivity contribution is 0.256. The van der Waals surface area contributed by atoms with Crippen molar-refractivity contribution >= 4 is 44.9 Å². The van der Waals surface area contributed by atoms with Crippen LogP contribution in [-0.2, 0) is 11.3 Å². The Morgan fingerprint density at radius 2 is 2.05 bits per heavy atom. The van der Waals surface area contributed by atoms with Gasteiger partial charge in [0.2, 0.25) is 0 Å². The van der Waals surface area contributed by atoms with E-state index in [0.717, 1.165) is 16.3 Å². The average Bonchev–Trinajstić information content (AvgIpc) is 2.78. The van der Waals surface area contributed by atoms with Gasteiger partial charge >= 0.3 is 6.03 Å². The molecule has 0 saturated carbocycles. The number of pyridine rings is 1. The number of H-pyrrole nitrogens is 1. The number of aromatic amines is 1. The Labute approximate surface area is 115 Å². The van der Waals surface area contributed by atoms with E-state index in [4.69, 9.17) is 5.73 Å². The molecule has 3 aromatic rings. The molecule has 1 unspecified atom stereocenters. The van der Waals surface area contributed by atoms with Crippen LogP contribution in [0.5, 0.6) is 0 Å². The zero-order chi connectivity index (χ0) is 14.3. The largest absolute Gasteiger partial charge is 0.755 e. The average molecular weight is 289 g/mol. The van der Waals surface area contributed by atoms with Gasteiger partial charge in [0, 0.05) is 22.5 Å². The summed E-state index contributed by atoms with van der Waals surface area (Å²) in [4.78, 5) is 18.3. The fourth-order valence-electron chi connectivity index (χ4n) is 2.16. The summed E-state index contributed by atoms with van der Waals surface area (Å²) in [5, 5.41) is 1.68. The molecule has 20 heavy (non-hydrogen) atoms. The molecule has 0 fully saturated rings. The molecule has 0 aliphatic heterocycles. The van der Waals surface area contributed by atoms with Crippen LogP contribution in [0, 0.1) is 0 Å². The molecule has 3 rings (SSSR count). The van der Waals surface area contributed by atoms with Gasteiger partial charge < -0.3 is 15.3 Å². The molecule has 0 aliphatic carbocycles. The number of para-hydroxylation sites is 1. The first-order chi connectivity index (χ1) is 9.59. The summed E-state index contributed by atoms with van der Waals surface area (Å²) in [6.07, 6.45) is 1.43. The molecule has 2 aromatic heterocycles. The second-order valence-corrected chi connectivity index (χ2v) is 4.88. The number of primary amides is 1. The SMILES string of the molecule is NC(=O)N(c1nccc2c1[nH]c1ccccc12)S(=O)[O-]. The number of hydrogen-bond acceptors (Lipinski definition) is 4. The number of aromatic nitrogens is 2. The van der Waals surface area contributed by atoms with Gasteiger partial charge in [-0.15, -0.1) is 0 Å². The summed E-state index contributed by atoms with van der Waals surface area (Å²) < 4.78 is 22.8. The standard InChI is InChI=1S/C12H10N4O3S/c13-12(17)16(20(18)19)11-10-8(5-6-14-11)7-3-1-2-4-9(7)15-10/h1-6,15H,(H2,13,17)(H,18,19)/p-1. The van der Waals surface area contributed by atoms with Gasteiger partial charge in [0.25, 0.3) is 0 Å². The Morgan fingerprint density at radius 3 is 2.75 bits per heavy atom. The number of nitrogens with two attached hydrogens (primary N) is 1. The highest BCUT2D eigenvalue weighted by Crippen LogP contribution is 2.30. The van der Waals surface area contributed by atoms with Crippen LogP contribution in [-0.4, -0.2) is 24.8 Å². The van der Waals surface area contributed by atoms with Crippen LogP contribution in [0.3, 0.4) is 0 Å². The monoisotopic (exact) mass is 289 g/mol. The third kappa shape index (κ3) is 1.82. The Bertz CT molecular complexity index is 831. The number of benzene rings is 1. The Hall–Kier alpha value is -2.45. The summed E-state index contributed by atoms with van der Waals surface area (Å²) in [5.74, 6) is -0.0421. The molecule has 0 bridgehead atoms. The van der Waals surface area contributed by atoms with Gasteiger partial charge in [0.15, 0.2) is 5.82 Å². The van der Waals surface area contributed by atoms with Crippen LogP contribution >= 0.6 is 0 Å². The van der Waals surface area contributed by atoms with Crippen molar-refractivity contribution in [3.8, 4) is 0 Å². The highest BCUT2D eigenvalue weighted by atomic mass is 32.2. The van der Waals surface area contributed by atoms with E-state index in [1.807, 2.05) is 24.3 Å². The second kappa shape index (κ2) is 4.58.